The molecule has 2 unspecified atom stereocenters. The van der Waals surface area contributed by atoms with Crippen LogP contribution in [0.4, 0.5) is 5.82 Å². The maximum absolute atomic E-state index is 11.7. The molecule has 1 saturated heterocycles. The zero-order chi connectivity index (χ0) is 21.5. The number of rotatable bonds is 5. The van der Waals surface area contributed by atoms with Crippen LogP contribution < -0.4 is 5.32 Å². The maximum Gasteiger partial charge on any atom is 0.341 e. The molecule has 0 aliphatic carbocycles. The molecular formula is C21H23N6O4+. The summed E-state index contributed by atoms with van der Waals surface area (Å²) in [5, 5.41) is 16.6. The summed E-state index contributed by atoms with van der Waals surface area (Å²) in [5.41, 5.74) is 2.76. The summed E-state index contributed by atoms with van der Waals surface area (Å²) < 4.78 is 15.0. The highest BCUT2D eigenvalue weighted by Gasteiger charge is 2.30. The molecule has 0 amide bonds. The normalized spacial score (nSPS) is 19.3. The minimum absolute atomic E-state index is 0.0655. The first-order valence-corrected chi connectivity index (χ1v) is 10.1. The van der Waals surface area contributed by atoms with Crippen LogP contribution in [0.25, 0.3) is 27.9 Å². The Morgan fingerprint density at radius 2 is 2.26 bits per heavy atom. The molecule has 31 heavy (non-hydrogen) atoms. The van der Waals surface area contributed by atoms with E-state index >= 15 is 0 Å². The molecule has 1 aliphatic rings. The second-order valence-corrected chi connectivity index (χ2v) is 7.48. The molecule has 1 fully saturated rings. The fourth-order valence-electron chi connectivity index (χ4n) is 4.26. The Balaban J connectivity index is 1.73. The largest absolute Gasteiger partial charge is 0.477 e. The van der Waals surface area contributed by atoms with Crippen LogP contribution in [-0.4, -0.2) is 68.7 Å². The third-order valence-electron chi connectivity index (χ3n) is 5.82. The third kappa shape index (κ3) is 3.16. The van der Waals surface area contributed by atoms with Crippen LogP contribution in [0.3, 0.4) is 0 Å². The minimum atomic E-state index is -1.06. The Bertz CT molecular complexity index is 1280. The van der Waals surface area contributed by atoms with Crippen LogP contribution in [0.5, 0.6) is 0 Å². The number of hydrogen-bond acceptors (Lipinski definition) is 6. The number of fused-ring (bicyclic) bond motifs is 2. The average molecular weight is 423 g/mol. The molecule has 0 spiro atoms. The Hall–Kier alpha value is -3.34. The van der Waals surface area contributed by atoms with Crippen LogP contribution in [0, 0.1) is 0 Å². The number of carboxylic acids is 1. The quantitative estimate of drug-likeness (QED) is 0.496. The van der Waals surface area contributed by atoms with Crippen molar-refractivity contribution in [1.82, 2.24) is 24.1 Å². The van der Waals surface area contributed by atoms with Crippen molar-refractivity contribution in [3.05, 3.63) is 42.4 Å². The third-order valence-corrected chi connectivity index (χ3v) is 5.82. The van der Waals surface area contributed by atoms with Gasteiger partial charge < -0.3 is 19.1 Å². The van der Waals surface area contributed by atoms with Crippen LogP contribution >= 0.6 is 0 Å². The lowest BCUT2D eigenvalue weighted by molar-refractivity contribution is -0.544. The summed E-state index contributed by atoms with van der Waals surface area (Å²) in [6.07, 6.45) is 5.87. The van der Waals surface area contributed by atoms with Gasteiger partial charge in [0.25, 0.3) is 0 Å². The molecule has 0 saturated carbocycles. The molecule has 3 N–H and O–H groups in total. The molecule has 10 nitrogen and oxygen atoms in total. The lowest BCUT2D eigenvalue weighted by Crippen LogP contribution is -2.73. The van der Waals surface area contributed by atoms with Crippen molar-refractivity contribution >= 4 is 28.5 Å². The van der Waals surface area contributed by atoms with E-state index in [1.807, 2.05) is 36.8 Å². The number of ether oxygens (including phenoxy) is 2. The molecule has 160 valence electrons. The van der Waals surface area contributed by atoms with Crippen molar-refractivity contribution in [3.63, 3.8) is 0 Å². The predicted octanol–water partition coefficient (Wildman–Crippen LogP) is 1.25. The number of aromatic nitrogens is 5. The van der Waals surface area contributed by atoms with Crippen molar-refractivity contribution in [1.29, 1.82) is 0 Å². The van der Waals surface area contributed by atoms with Gasteiger partial charge in [-0.1, -0.05) is 0 Å². The number of quaternary nitrogens is 1. The minimum Gasteiger partial charge on any atom is -0.477 e. The topological polar surface area (TPSA) is 120 Å². The molecule has 5 heterocycles. The zero-order valence-corrected chi connectivity index (χ0v) is 17.2. The van der Waals surface area contributed by atoms with E-state index in [9.17, 15) is 9.90 Å². The van der Waals surface area contributed by atoms with Gasteiger partial charge in [-0.2, -0.15) is 9.61 Å². The Kier molecular flexibility index (Phi) is 4.89. The summed E-state index contributed by atoms with van der Waals surface area (Å²) in [4.78, 5) is 21.0. The van der Waals surface area contributed by atoms with E-state index in [1.54, 1.807) is 17.8 Å². The van der Waals surface area contributed by atoms with Crippen molar-refractivity contribution in [2.75, 3.05) is 27.4 Å². The summed E-state index contributed by atoms with van der Waals surface area (Å²) in [6, 6.07) is 5.89. The number of methoxy groups -OCH3 is 1. The standard InChI is InChI=1S/C21H22N6O4/c1-22-18-8-15(25-20-13(21(28)29)9-24-27(18)20)14-10-26(19-12(14)4-3-6-23-19)16-5-7-31-11-17(16)30-2/h3-4,6,8-10,16-17,22H,5,7,11H2,1-2H3,(H,28,29)/p+1. The number of aromatic carboxylic acids is 1. The van der Waals surface area contributed by atoms with E-state index in [1.165, 1.54) is 6.20 Å². The van der Waals surface area contributed by atoms with E-state index in [4.69, 9.17) is 9.47 Å². The molecule has 10 heteroatoms. The van der Waals surface area contributed by atoms with Gasteiger partial charge in [0.1, 0.15) is 17.3 Å². The Morgan fingerprint density at radius 3 is 3.03 bits per heavy atom. The second kappa shape index (κ2) is 7.73. The Labute approximate surface area is 177 Å². The van der Waals surface area contributed by atoms with E-state index in [2.05, 4.69) is 19.6 Å². The SMILES string of the molecule is C[NH2+]c1cc(-c2cn(C3CCOCC3OC)c3ncccc23)nc2c(C(=O)O)cnn12. The lowest BCUT2D eigenvalue weighted by atomic mass is 10.1. The summed E-state index contributed by atoms with van der Waals surface area (Å²) in [7, 11) is 3.58. The van der Waals surface area contributed by atoms with E-state index in [0.717, 1.165) is 28.8 Å². The van der Waals surface area contributed by atoms with Gasteiger partial charge in [0.2, 0.25) is 5.82 Å². The van der Waals surface area contributed by atoms with Crippen molar-refractivity contribution < 1.29 is 24.7 Å². The lowest BCUT2D eigenvalue weighted by Gasteiger charge is -2.31. The van der Waals surface area contributed by atoms with Gasteiger partial charge in [0.05, 0.1) is 31.6 Å². The van der Waals surface area contributed by atoms with Gasteiger partial charge in [0.15, 0.2) is 5.65 Å². The van der Waals surface area contributed by atoms with Gasteiger partial charge in [-0.15, -0.1) is 0 Å². The van der Waals surface area contributed by atoms with Crippen molar-refractivity contribution in [2.45, 2.75) is 18.6 Å². The number of carbonyl (C=O) groups is 1. The van der Waals surface area contributed by atoms with Crippen molar-refractivity contribution in [2.24, 2.45) is 0 Å². The highest BCUT2D eigenvalue weighted by atomic mass is 16.5. The first-order chi connectivity index (χ1) is 15.1. The molecular weight excluding hydrogens is 400 g/mol. The van der Waals surface area contributed by atoms with Gasteiger partial charge >= 0.3 is 5.97 Å². The molecule has 0 radical (unpaired) electrons. The average Bonchev–Trinajstić information content (AvgIpc) is 3.40. The van der Waals surface area contributed by atoms with Crippen molar-refractivity contribution in [3.8, 4) is 11.3 Å². The summed E-state index contributed by atoms with van der Waals surface area (Å²) in [6.45, 7) is 1.18. The molecule has 4 aromatic rings. The summed E-state index contributed by atoms with van der Waals surface area (Å²) in [5.74, 6) is -0.297. The molecule has 4 aromatic heterocycles. The number of nitrogens with two attached hydrogens (primary N) is 1. The van der Waals surface area contributed by atoms with Gasteiger partial charge in [0, 0.05) is 43.1 Å². The van der Waals surface area contributed by atoms with E-state index < -0.39 is 5.97 Å². The molecule has 0 bridgehead atoms. The number of pyridine rings is 1. The highest BCUT2D eigenvalue weighted by Crippen LogP contribution is 2.35. The molecule has 5 rings (SSSR count). The van der Waals surface area contributed by atoms with Gasteiger partial charge in [-0.25, -0.2) is 14.8 Å². The second-order valence-electron chi connectivity index (χ2n) is 7.48. The molecule has 1 aliphatic heterocycles. The summed E-state index contributed by atoms with van der Waals surface area (Å²) >= 11 is 0. The molecule has 0 aromatic carbocycles. The van der Waals surface area contributed by atoms with Crippen LogP contribution in [-0.2, 0) is 9.47 Å². The van der Waals surface area contributed by atoms with E-state index in [0.29, 0.717) is 24.6 Å². The first-order valence-electron chi connectivity index (χ1n) is 10.1. The van der Waals surface area contributed by atoms with Gasteiger partial charge in [-0.3, -0.25) is 5.32 Å². The van der Waals surface area contributed by atoms with Crippen LogP contribution in [0.15, 0.2) is 36.8 Å². The first kappa shape index (κ1) is 19.6. The number of hydrogen-bond donors (Lipinski definition) is 2. The monoisotopic (exact) mass is 423 g/mol. The smallest absolute Gasteiger partial charge is 0.341 e. The molecule has 2 atom stereocenters. The van der Waals surface area contributed by atoms with Gasteiger partial charge in [-0.05, 0) is 18.6 Å². The number of nitrogens with zero attached hydrogens (tertiary/aromatic N) is 5. The predicted molar refractivity (Wildman–Crippen MR) is 111 cm³/mol. The Morgan fingerprint density at radius 1 is 1.39 bits per heavy atom. The fraction of sp³-hybridized carbons (Fsp3) is 0.333. The highest BCUT2D eigenvalue weighted by molar-refractivity contribution is 5.96. The van der Waals surface area contributed by atoms with Crippen LogP contribution in [0.1, 0.15) is 22.8 Å². The zero-order valence-electron chi connectivity index (χ0n) is 17.2. The number of carboxylic acid groups (broad SMARTS) is 1. The van der Waals surface area contributed by atoms with Crippen LogP contribution in [0.2, 0.25) is 0 Å². The van der Waals surface area contributed by atoms with E-state index in [-0.39, 0.29) is 17.7 Å². The maximum atomic E-state index is 11.7. The fourth-order valence-corrected chi connectivity index (χ4v) is 4.26.